The molecule has 0 N–H and O–H groups in total. The highest BCUT2D eigenvalue weighted by atomic mass is 16.5. The van der Waals surface area contributed by atoms with Gasteiger partial charge < -0.3 is 9.64 Å². The van der Waals surface area contributed by atoms with Crippen LogP contribution in [0.15, 0.2) is 42.6 Å². The van der Waals surface area contributed by atoms with Gasteiger partial charge in [0.05, 0.1) is 24.1 Å². The first kappa shape index (κ1) is 17.2. The Morgan fingerprint density at radius 2 is 2.04 bits per heavy atom. The second-order valence-electron chi connectivity index (χ2n) is 6.58. The van der Waals surface area contributed by atoms with Crippen LogP contribution < -0.4 is 9.64 Å². The van der Waals surface area contributed by atoms with Crippen molar-refractivity contribution < 1.29 is 9.53 Å². The van der Waals surface area contributed by atoms with Crippen molar-refractivity contribution in [3.63, 3.8) is 0 Å². The van der Waals surface area contributed by atoms with Crippen LogP contribution in [0.5, 0.6) is 5.88 Å². The molecule has 0 fully saturated rings. The largest absolute Gasteiger partial charge is 0.477 e. The minimum absolute atomic E-state index is 0.0462. The zero-order valence-electron chi connectivity index (χ0n) is 15.6. The van der Waals surface area contributed by atoms with Crippen LogP contribution in [0.4, 0.5) is 5.69 Å². The number of ether oxygens (including phenoxy) is 1. The molecule has 1 aromatic carbocycles. The first-order valence-corrected chi connectivity index (χ1v) is 9.03. The molecular formula is C20H21N5O2. The number of fused-ring (bicyclic) bond motifs is 1. The Kier molecular flexibility index (Phi) is 4.35. The van der Waals surface area contributed by atoms with Gasteiger partial charge >= 0.3 is 0 Å². The lowest BCUT2D eigenvalue weighted by Crippen LogP contribution is -2.36. The van der Waals surface area contributed by atoms with Crippen LogP contribution in [0.3, 0.4) is 0 Å². The number of benzene rings is 1. The van der Waals surface area contributed by atoms with Crippen molar-refractivity contribution in [2.24, 2.45) is 0 Å². The van der Waals surface area contributed by atoms with Crippen LogP contribution in [0.25, 0.3) is 5.82 Å². The lowest BCUT2D eigenvalue weighted by atomic mass is 10.1. The SMILES string of the molecule is CCOc1ccc(-n2ncc(C(=O)N3c4ccccc4CC3C)c2C)nn1. The molecule has 0 spiro atoms. The minimum Gasteiger partial charge on any atom is -0.477 e. The summed E-state index contributed by atoms with van der Waals surface area (Å²) in [4.78, 5) is 15.1. The Morgan fingerprint density at radius 1 is 1.22 bits per heavy atom. The third-order valence-electron chi connectivity index (χ3n) is 4.80. The van der Waals surface area contributed by atoms with Crippen molar-refractivity contribution >= 4 is 11.6 Å². The number of amides is 1. The van der Waals surface area contributed by atoms with Crippen molar-refractivity contribution in [2.75, 3.05) is 11.5 Å². The summed E-state index contributed by atoms with van der Waals surface area (Å²) in [5, 5.41) is 12.5. The molecule has 3 aromatic rings. The van der Waals surface area contributed by atoms with Crippen molar-refractivity contribution in [1.29, 1.82) is 0 Å². The molecule has 1 atom stereocenters. The van der Waals surface area contributed by atoms with Gasteiger partial charge in [0.2, 0.25) is 5.88 Å². The monoisotopic (exact) mass is 363 g/mol. The molecule has 2 aromatic heterocycles. The summed E-state index contributed by atoms with van der Waals surface area (Å²) in [6.45, 7) is 6.35. The summed E-state index contributed by atoms with van der Waals surface area (Å²) >= 11 is 0. The molecule has 0 bridgehead atoms. The molecule has 7 heteroatoms. The van der Waals surface area contributed by atoms with E-state index < -0.39 is 0 Å². The lowest BCUT2D eigenvalue weighted by Gasteiger charge is -2.22. The van der Waals surface area contributed by atoms with Crippen LogP contribution in [-0.4, -0.2) is 38.5 Å². The summed E-state index contributed by atoms with van der Waals surface area (Å²) < 4.78 is 6.95. The minimum atomic E-state index is -0.0462. The Labute approximate surface area is 157 Å². The van der Waals surface area contributed by atoms with Gasteiger partial charge in [0.1, 0.15) is 0 Å². The molecule has 1 aliphatic heterocycles. The third kappa shape index (κ3) is 2.95. The predicted octanol–water partition coefficient (Wildman–Crippen LogP) is 2.96. The highest BCUT2D eigenvalue weighted by molar-refractivity contribution is 6.08. The number of para-hydroxylation sites is 1. The van der Waals surface area contributed by atoms with E-state index in [2.05, 4.69) is 28.3 Å². The van der Waals surface area contributed by atoms with Crippen LogP contribution in [0.1, 0.15) is 35.5 Å². The standard InChI is InChI=1S/C20H21N5O2/c1-4-27-19-10-9-18(22-23-19)25-14(3)16(12-21-25)20(26)24-13(2)11-15-7-5-6-8-17(15)24/h5-10,12-13H,4,11H2,1-3H3. The number of anilines is 1. The van der Waals surface area contributed by atoms with E-state index in [-0.39, 0.29) is 11.9 Å². The number of rotatable bonds is 4. The Balaban J connectivity index is 1.65. The number of carbonyl (C=O) groups is 1. The van der Waals surface area contributed by atoms with E-state index in [9.17, 15) is 4.79 Å². The van der Waals surface area contributed by atoms with E-state index in [0.717, 1.165) is 17.8 Å². The summed E-state index contributed by atoms with van der Waals surface area (Å²) in [5.41, 5.74) is 3.47. The van der Waals surface area contributed by atoms with Gasteiger partial charge in [0.15, 0.2) is 5.82 Å². The maximum atomic E-state index is 13.2. The summed E-state index contributed by atoms with van der Waals surface area (Å²) in [7, 11) is 0. The van der Waals surface area contributed by atoms with Gasteiger partial charge in [0, 0.05) is 17.8 Å². The number of hydrogen-bond donors (Lipinski definition) is 0. The fourth-order valence-electron chi connectivity index (χ4n) is 3.51. The van der Waals surface area contributed by atoms with Gasteiger partial charge in [-0.15, -0.1) is 10.2 Å². The quantitative estimate of drug-likeness (QED) is 0.712. The van der Waals surface area contributed by atoms with Crippen LogP contribution in [0, 0.1) is 6.92 Å². The van der Waals surface area contributed by atoms with Crippen molar-refractivity contribution in [3.8, 4) is 11.7 Å². The van der Waals surface area contributed by atoms with Crippen LogP contribution in [-0.2, 0) is 6.42 Å². The highest BCUT2D eigenvalue weighted by Gasteiger charge is 2.32. The first-order chi connectivity index (χ1) is 13.1. The highest BCUT2D eigenvalue weighted by Crippen LogP contribution is 2.33. The molecule has 27 heavy (non-hydrogen) atoms. The molecular weight excluding hydrogens is 342 g/mol. The second-order valence-corrected chi connectivity index (χ2v) is 6.58. The summed E-state index contributed by atoms with van der Waals surface area (Å²) in [6, 6.07) is 11.7. The Bertz CT molecular complexity index is 980. The molecule has 0 saturated carbocycles. The molecule has 0 aliphatic carbocycles. The van der Waals surface area contributed by atoms with E-state index in [0.29, 0.717) is 23.9 Å². The van der Waals surface area contributed by atoms with E-state index >= 15 is 0 Å². The van der Waals surface area contributed by atoms with Gasteiger partial charge in [-0.25, -0.2) is 4.68 Å². The van der Waals surface area contributed by atoms with Crippen molar-refractivity contribution in [1.82, 2.24) is 20.0 Å². The molecule has 4 rings (SSSR count). The van der Waals surface area contributed by atoms with E-state index in [1.165, 1.54) is 5.56 Å². The number of aromatic nitrogens is 4. The second kappa shape index (κ2) is 6.83. The first-order valence-electron chi connectivity index (χ1n) is 9.03. The van der Waals surface area contributed by atoms with Gasteiger partial charge in [-0.2, -0.15) is 5.10 Å². The predicted molar refractivity (Wildman–Crippen MR) is 101 cm³/mol. The average Bonchev–Trinajstić information content (AvgIpc) is 3.21. The average molecular weight is 363 g/mol. The van der Waals surface area contributed by atoms with Gasteiger partial charge in [-0.05, 0) is 44.9 Å². The van der Waals surface area contributed by atoms with Crippen LogP contribution in [0.2, 0.25) is 0 Å². The molecule has 3 heterocycles. The normalized spacial score (nSPS) is 15.7. The molecule has 138 valence electrons. The summed E-state index contributed by atoms with van der Waals surface area (Å²) in [6.07, 6.45) is 2.46. The fourth-order valence-corrected chi connectivity index (χ4v) is 3.51. The molecule has 0 radical (unpaired) electrons. The molecule has 1 aliphatic rings. The molecule has 7 nitrogen and oxygen atoms in total. The lowest BCUT2D eigenvalue weighted by molar-refractivity contribution is 0.0981. The topological polar surface area (TPSA) is 73.1 Å². The van der Waals surface area contributed by atoms with Gasteiger partial charge in [-0.1, -0.05) is 18.2 Å². The van der Waals surface area contributed by atoms with Gasteiger partial charge in [-0.3, -0.25) is 4.79 Å². The number of carbonyl (C=O) groups excluding carboxylic acids is 1. The Morgan fingerprint density at radius 3 is 2.78 bits per heavy atom. The molecule has 0 saturated heterocycles. The van der Waals surface area contributed by atoms with Crippen LogP contribution >= 0.6 is 0 Å². The van der Waals surface area contributed by atoms with E-state index in [1.807, 2.05) is 36.9 Å². The van der Waals surface area contributed by atoms with E-state index in [4.69, 9.17) is 4.74 Å². The molecule has 1 unspecified atom stereocenters. The smallest absolute Gasteiger partial charge is 0.262 e. The fraction of sp³-hybridized carbons (Fsp3) is 0.300. The zero-order chi connectivity index (χ0) is 19.0. The van der Waals surface area contributed by atoms with E-state index in [1.54, 1.807) is 23.0 Å². The third-order valence-corrected chi connectivity index (χ3v) is 4.80. The maximum Gasteiger partial charge on any atom is 0.262 e. The van der Waals surface area contributed by atoms with Gasteiger partial charge in [0.25, 0.3) is 5.91 Å². The summed E-state index contributed by atoms with van der Waals surface area (Å²) in [5.74, 6) is 0.963. The zero-order valence-corrected chi connectivity index (χ0v) is 15.6. The number of nitrogens with zero attached hydrogens (tertiary/aromatic N) is 5. The molecule has 1 amide bonds. The number of hydrogen-bond acceptors (Lipinski definition) is 5. The maximum absolute atomic E-state index is 13.2. The van der Waals surface area contributed by atoms with Crippen molar-refractivity contribution in [2.45, 2.75) is 33.2 Å². The van der Waals surface area contributed by atoms with Crippen molar-refractivity contribution in [3.05, 3.63) is 59.4 Å². The Hall–Kier alpha value is -3.22.